The highest BCUT2D eigenvalue weighted by Crippen LogP contribution is 2.46. The summed E-state index contributed by atoms with van der Waals surface area (Å²) < 4.78 is 5.35. The lowest BCUT2D eigenvalue weighted by Gasteiger charge is -2.19. The third kappa shape index (κ3) is 3.78. The fraction of sp³-hybridized carbons (Fsp3) is 0.381. The van der Waals surface area contributed by atoms with Crippen LogP contribution in [0.15, 0.2) is 48.5 Å². The maximum atomic E-state index is 12.6. The Bertz CT molecular complexity index is 711. The van der Waals surface area contributed by atoms with Crippen LogP contribution in [0.4, 0.5) is 0 Å². The molecule has 3 unspecified atom stereocenters. The molecule has 1 aliphatic rings. The van der Waals surface area contributed by atoms with Crippen LogP contribution < -0.4 is 10.1 Å². The van der Waals surface area contributed by atoms with Crippen molar-refractivity contribution in [3.05, 3.63) is 65.2 Å². The Labute approximate surface area is 144 Å². The highest BCUT2D eigenvalue weighted by atomic mass is 16.5. The summed E-state index contributed by atoms with van der Waals surface area (Å²) in [6, 6.07) is 16.3. The van der Waals surface area contributed by atoms with Crippen molar-refractivity contribution in [2.45, 2.75) is 32.7 Å². The van der Waals surface area contributed by atoms with Gasteiger partial charge in [0.2, 0.25) is 5.91 Å². The summed E-state index contributed by atoms with van der Waals surface area (Å²) in [6.45, 7) is 4.25. The summed E-state index contributed by atoms with van der Waals surface area (Å²) in [5.41, 5.74) is 3.25. The van der Waals surface area contributed by atoms with E-state index in [0.29, 0.717) is 18.3 Å². The molecule has 0 aromatic heterocycles. The smallest absolute Gasteiger partial charge is 0.224 e. The van der Waals surface area contributed by atoms with Crippen LogP contribution in [0.5, 0.6) is 5.75 Å². The number of carbonyl (C=O) groups excluding carboxylic acids is 1. The van der Waals surface area contributed by atoms with Gasteiger partial charge in [-0.25, -0.2) is 0 Å². The molecule has 0 heterocycles. The van der Waals surface area contributed by atoms with Gasteiger partial charge in [0.25, 0.3) is 0 Å². The van der Waals surface area contributed by atoms with Gasteiger partial charge in [0, 0.05) is 0 Å². The molecule has 1 fully saturated rings. The minimum Gasteiger partial charge on any atom is -0.496 e. The molecule has 2 aromatic carbocycles. The summed E-state index contributed by atoms with van der Waals surface area (Å²) in [5.74, 6) is 2.11. The van der Waals surface area contributed by atoms with E-state index in [1.807, 2.05) is 43.3 Å². The first-order chi connectivity index (χ1) is 11.6. The van der Waals surface area contributed by atoms with Crippen LogP contribution in [-0.2, 0) is 11.2 Å². The molecule has 2 aromatic rings. The molecule has 3 rings (SSSR count). The predicted molar refractivity (Wildman–Crippen MR) is 96.0 cm³/mol. The molecule has 3 heteroatoms. The van der Waals surface area contributed by atoms with E-state index in [1.165, 1.54) is 12.0 Å². The number of hydrogen-bond donors (Lipinski definition) is 1. The molecular weight excluding hydrogens is 298 g/mol. The third-order valence-electron chi connectivity index (χ3n) is 4.91. The largest absolute Gasteiger partial charge is 0.496 e. The van der Waals surface area contributed by atoms with E-state index in [0.717, 1.165) is 16.9 Å². The van der Waals surface area contributed by atoms with Crippen molar-refractivity contribution in [2.24, 2.45) is 11.8 Å². The Hall–Kier alpha value is -2.29. The van der Waals surface area contributed by atoms with Crippen molar-refractivity contribution in [2.75, 3.05) is 7.11 Å². The van der Waals surface area contributed by atoms with Crippen molar-refractivity contribution in [3.63, 3.8) is 0 Å². The van der Waals surface area contributed by atoms with Crippen molar-refractivity contribution in [3.8, 4) is 5.75 Å². The molecule has 24 heavy (non-hydrogen) atoms. The molecule has 0 spiro atoms. The Balaban J connectivity index is 1.70. The zero-order chi connectivity index (χ0) is 17.1. The standard InChI is InChI=1S/C21H25NO2/c1-14-9-10-16(12-19(14)24-3)13-20(23)22-21(18-11-15(18)2)17-7-5-4-6-8-17/h4-10,12,15,18,21H,11,13H2,1-3H3,(H,22,23). The van der Waals surface area contributed by atoms with E-state index in [9.17, 15) is 4.79 Å². The SMILES string of the molecule is COc1cc(CC(=O)NC(c2ccccc2)C2CC2C)ccc1C. The predicted octanol–water partition coefficient (Wildman–Crippen LogP) is 4.06. The van der Waals surface area contributed by atoms with Crippen molar-refractivity contribution in [1.29, 1.82) is 0 Å². The molecule has 0 saturated heterocycles. The van der Waals surface area contributed by atoms with E-state index >= 15 is 0 Å². The van der Waals surface area contributed by atoms with Crippen LogP contribution >= 0.6 is 0 Å². The van der Waals surface area contributed by atoms with Crippen molar-refractivity contribution in [1.82, 2.24) is 5.32 Å². The number of rotatable bonds is 6. The van der Waals surface area contributed by atoms with Gasteiger partial charge in [-0.15, -0.1) is 0 Å². The molecule has 1 amide bonds. The van der Waals surface area contributed by atoms with Crippen LogP contribution in [0, 0.1) is 18.8 Å². The lowest BCUT2D eigenvalue weighted by Crippen LogP contribution is -2.31. The quantitative estimate of drug-likeness (QED) is 0.870. The zero-order valence-electron chi connectivity index (χ0n) is 14.6. The maximum absolute atomic E-state index is 12.6. The normalized spacial score (nSPS) is 20.3. The number of ether oxygens (including phenoxy) is 1. The molecule has 0 radical (unpaired) electrons. The first kappa shape index (κ1) is 16.6. The average Bonchev–Trinajstić information content (AvgIpc) is 3.31. The van der Waals surface area contributed by atoms with Gasteiger partial charge in [-0.1, -0.05) is 49.4 Å². The number of nitrogens with one attached hydrogen (secondary N) is 1. The third-order valence-corrected chi connectivity index (χ3v) is 4.91. The molecule has 0 aliphatic heterocycles. The van der Waals surface area contributed by atoms with Crippen molar-refractivity contribution >= 4 is 5.91 Å². The lowest BCUT2D eigenvalue weighted by molar-refractivity contribution is -0.121. The highest BCUT2D eigenvalue weighted by molar-refractivity contribution is 5.79. The Kier molecular flexibility index (Phi) is 4.89. The van der Waals surface area contributed by atoms with Crippen LogP contribution in [0.3, 0.4) is 0 Å². The second-order valence-electron chi connectivity index (χ2n) is 6.81. The maximum Gasteiger partial charge on any atom is 0.224 e. The molecule has 3 atom stereocenters. The Morgan fingerprint density at radius 2 is 1.96 bits per heavy atom. The number of amides is 1. The van der Waals surface area contributed by atoms with Crippen LogP contribution in [0.1, 0.15) is 36.1 Å². The summed E-state index contributed by atoms with van der Waals surface area (Å²) in [6.07, 6.45) is 1.55. The minimum absolute atomic E-state index is 0.0638. The van der Waals surface area contributed by atoms with Gasteiger partial charge < -0.3 is 10.1 Å². The van der Waals surface area contributed by atoms with Gasteiger partial charge in [0.15, 0.2) is 0 Å². The van der Waals surface area contributed by atoms with Gasteiger partial charge in [-0.2, -0.15) is 0 Å². The molecular formula is C21H25NO2. The average molecular weight is 323 g/mol. The molecule has 126 valence electrons. The Morgan fingerprint density at radius 1 is 1.25 bits per heavy atom. The van der Waals surface area contributed by atoms with Crippen LogP contribution in [0.25, 0.3) is 0 Å². The molecule has 1 aliphatic carbocycles. The van der Waals surface area contributed by atoms with Gasteiger partial charge in [0.1, 0.15) is 5.75 Å². The molecule has 1 N–H and O–H groups in total. The van der Waals surface area contributed by atoms with E-state index in [-0.39, 0.29) is 11.9 Å². The highest BCUT2D eigenvalue weighted by Gasteiger charge is 2.40. The van der Waals surface area contributed by atoms with Gasteiger partial charge in [-0.05, 0) is 47.9 Å². The van der Waals surface area contributed by atoms with E-state index in [4.69, 9.17) is 4.74 Å². The fourth-order valence-corrected chi connectivity index (χ4v) is 3.30. The first-order valence-electron chi connectivity index (χ1n) is 8.56. The summed E-state index contributed by atoms with van der Waals surface area (Å²) in [7, 11) is 1.66. The molecule has 3 nitrogen and oxygen atoms in total. The second-order valence-corrected chi connectivity index (χ2v) is 6.81. The summed E-state index contributed by atoms with van der Waals surface area (Å²) in [4.78, 5) is 12.6. The van der Waals surface area contributed by atoms with Crippen LogP contribution in [0.2, 0.25) is 0 Å². The van der Waals surface area contributed by atoms with E-state index in [2.05, 4.69) is 24.4 Å². The fourth-order valence-electron chi connectivity index (χ4n) is 3.30. The number of methoxy groups -OCH3 is 1. The lowest BCUT2D eigenvalue weighted by atomic mass is 10.0. The molecule has 1 saturated carbocycles. The minimum atomic E-state index is 0.0638. The topological polar surface area (TPSA) is 38.3 Å². The monoisotopic (exact) mass is 323 g/mol. The Morgan fingerprint density at radius 3 is 2.58 bits per heavy atom. The van der Waals surface area contributed by atoms with Crippen LogP contribution in [-0.4, -0.2) is 13.0 Å². The van der Waals surface area contributed by atoms with Gasteiger partial charge in [0.05, 0.1) is 19.6 Å². The van der Waals surface area contributed by atoms with Gasteiger partial charge in [-0.3, -0.25) is 4.79 Å². The number of benzene rings is 2. The number of hydrogen-bond acceptors (Lipinski definition) is 2. The summed E-state index contributed by atoms with van der Waals surface area (Å²) in [5, 5.41) is 3.25. The van der Waals surface area contributed by atoms with Crippen molar-refractivity contribution < 1.29 is 9.53 Å². The zero-order valence-corrected chi connectivity index (χ0v) is 14.6. The molecule has 0 bridgehead atoms. The first-order valence-corrected chi connectivity index (χ1v) is 8.56. The summed E-state index contributed by atoms with van der Waals surface area (Å²) >= 11 is 0. The van der Waals surface area contributed by atoms with Gasteiger partial charge >= 0.3 is 0 Å². The number of aryl methyl sites for hydroxylation is 1. The van der Waals surface area contributed by atoms with E-state index < -0.39 is 0 Å². The van der Waals surface area contributed by atoms with E-state index in [1.54, 1.807) is 7.11 Å². The second kappa shape index (κ2) is 7.08. The number of carbonyl (C=O) groups is 1.